The largest absolute Gasteiger partial charge is 0.324 e. The quantitative estimate of drug-likeness (QED) is 0.156. The monoisotopic (exact) mass is 282 g/mol. The first-order valence-electron chi connectivity index (χ1n) is 9.13. The molecule has 0 atom stereocenters. The average molecular weight is 283 g/mol. The Hall–Kier alpha value is -0.530. The molecule has 20 heavy (non-hydrogen) atoms. The summed E-state index contributed by atoms with van der Waals surface area (Å²) in [4.78, 5) is 0. The molecule has 2 nitrogen and oxygen atoms in total. The summed E-state index contributed by atoms with van der Waals surface area (Å²) >= 11 is 0. The molecule has 0 saturated heterocycles. The lowest BCUT2D eigenvalue weighted by molar-refractivity contribution is 0.533. The minimum absolute atomic E-state index is 1.05. The molecule has 0 saturated carbocycles. The number of hydrogen-bond donors (Lipinski definition) is 1. The molecule has 0 rings (SSSR count). The van der Waals surface area contributed by atoms with Crippen LogP contribution in [0.25, 0.3) is 0 Å². The van der Waals surface area contributed by atoms with Crippen molar-refractivity contribution < 1.29 is 0 Å². The van der Waals surface area contributed by atoms with Crippen molar-refractivity contribution in [2.75, 3.05) is 0 Å². The van der Waals surface area contributed by atoms with Gasteiger partial charge in [-0.15, -0.1) is 0 Å². The van der Waals surface area contributed by atoms with Crippen LogP contribution in [0.2, 0.25) is 0 Å². The van der Waals surface area contributed by atoms with E-state index in [4.69, 9.17) is 5.84 Å². The molecule has 0 aliphatic carbocycles. The fourth-order valence-corrected chi connectivity index (χ4v) is 2.68. The third-order valence-electron chi connectivity index (χ3n) is 4.04. The van der Waals surface area contributed by atoms with E-state index in [1.165, 1.54) is 96.3 Å². The number of nitrogens with zero attached hydrogens (tertiary/aromatic N) is 1. The normalized spacial score (nSPS) is 11.4. The highest BCUT2D eigenvalue weighted by atomic mass is 15.1. The summed E-state index contributed by atoms with van der Waals surface area (Å²) in [7, 11) is 0. The Bertz CT molecular complexity index is 190. The molecule has 2 N–H and O–H groups in total. The third kappa shape index (κ3) is 17.5. The highest BCUT2D eigenvalue weighted by molar-refractivity contribution is 5.56. The molecular weight excluding hydrogens is 244 g/mol. The van der Waals surface area contributed by atoms with Crippen molar-refractivity contribution in [1.29, 1.82) is 0 Å². The van der Waals surface area contributed by atoms with Crippen molar-refractivity contribution in [3.05, 3.63) is 0 Å². The van der Waals surface area contributed by atoms with Crippen LogP contribution in [0, 0.1) is 0 Å². The van der Waals surface area contributed by atoms with Gasteiger partial charge in [0.15, 0.2) is 0 Å². The molecule has 0 radical (unpaired) electrons. The summed E-state index contributed by atoms with van der Waals surface area (Å²) in [5, 5.41) is 3.51. The first kappa shape index (κ1) is 19.5. The fourth-order valence-electron chi connectivity index (χ4n) is 2.68. The Morgan fingerprint density at radius 2 is 0.950 bits per heavy atom. The number of rotatable bonds is 16. The first-order valence-corrected chi connectivity index (χ1v) is 9.13. The van der Waals surface area contributed by atoms with E-state index >= 15 is 0 Å². The molecule has 0 unspecified atom stereocenters. The Kier molecular flexibility index (Phi) is 18.0. The molecule has 0 amide bonds. The van der Waals surface area contributed by atoms with Gasteiger partial charge in [-0.3, -0.25) is 0 Å². The Balaban J connectivity index is 2.92. The molecule has 2 heteroatoms. The van der Waals surface area contributed by atoms with Crippen LogP contribution in [-0.2, 0) is 0 Å². The first-order chi connectivity index (χ1) is 9.91. The minimum Gasteiger partial charge on any atom is -0.324 e. The Morgan fingerprint density at radius 3 is 1.30 bits per heavy atom. The second kappa shape index (κ2) is 18.5. The van der Waals surface area contributed by atoms with E-state index in [0.717, 1.165) is 6.42 Å². The van der Waals surface area contributed by atoms with Gasteiger partial charge in [0.05, 0.1) is 0 Å². The van der Waals surface area contributed by atoms with Crippen molar-refractivity contribution in [3.8, 4) is 0 Å². The Morgan fingerprint density at radius 1 is 0.600 bits per heavy atom. The molecule has 120 valence electrons. The molecule has 0 aliphatic rings. The molecule has 0 aromatic carbocycles. The highest BCUT2D eigenvalue weighted by Crippen LogP contribution is 2.13. The zero-order valence-corrected chi connectivity index (χ0v) is 13.9. The van der Waals surface area contributed by atoms with Crippen LogP contribution >= 0.6 is 0 Å². The van der Waals surface area contributed by atoms with E-state index in [9.17, 15) is 0 Å². The lowest BCUT2D eigenvalue weighted by Gasteiger charge is -2.03. The summed E-state index contributed by atoms with van der Waals surface area (Å²) in [6.07, 6.45) is 24.1. The molecule has 0 aliphatic heterocycles. The van der Waals surface area contributed by atoms with E-state index in [2.05, 4.69) is 12.0 Å². The van der Waals surface area contributed by atoms with Gasteiger partial charge in [0.1, 0.15) is 0 Å². The van der Waals surface area contributed by atoms with Crippen molar-refractivity contribution in [1.82, 2.24) is 0 Å². The predicted octanol–water partition coefficient (Wildman–Crippen LogP) is 6.19. The summed E-state index contributed by atoms with van der Waals surface area (Å²) < 4.78 is 0. The summed E-state index contributed by atoms with van der Waals surface area (Å²) in [5.74, 6) is 5.06. The highest BCUT2D eigenvalue weighted by Gasteiger charge is 1.94. The summed E-state index contributed by atoms with van der Waals surface area (Å²) in [6.45, 7) is 2.29. The van der Waals surface area contributed by atoms with Gasteiger partial charge in [-0.1, -0.05) is 96.8 Å². The summed E-state index contributed by atoms with van der Waals surface area (Å²) in [5.41, 5.74) is 0. The smallest absolute Gasteiger partial charge is 0.0240 e. The predicted molar refractivity (Wildman–Crippen MR) is 92.2 cm³/mol. The lowest BCUT2D eigenvalue weighted by Crippen LogP contribution is -1.85. The number of unbranched alkanes of at least 4 members (excludes halogenated alkanes) is 15. The zero-order valence-electron chi connectivity index (χ0n) is 13.9. The van der Waals surface area contributed by atoms with Gasteiger partial charge < -0.3 is 5.84 Å². The maximum absolute atomic E-state index is 5.06. The topological polar surface area (TPSA) is 38.4 Å². The van der Waals surface area contributed by atoms with Crippen LogP contribution in [0.3, 0.4) is 0 Å². The second-order valence-corrected chi connectivity index (χ2v) is 6.07. The van der Waals surface area contributed by atoms with E-state index < -0.39 is 0 Å². The SMILES string of the molecule is CCCCCCCCCCCCCCCCCC=NN. The standard InChI is InChI=1S/C18H38N2/c1-2-3-4-5-6-7-8-9-10-11-12-13-14-15-16-17-18-20-19/h18H,2-17,19H2,1H3. The number of nitrogens with two attached hydrogens (primary N) is 1. The van der Waals surface area contributed by atoms with Crippen LogP contribution in [0.1, 0.15) is 110 Å². The van der Waals surface area contributed by atoms with Crippen LogP contribution in [-0.4, -0.2) is 6.21 Å². The lowest BCUT2D eigenvalue weighted by atomic mass is 10.0. The van der Waals surface area contributed by atoms with Crippen molar-refractivity contribution in [2.45, 2.75) is 110 Å². The summed E-state index contributed by atoms with van der Waals surface area (Å²) in [6, 6.07) is 0. The van der Waals surface area contributed by atoms with Gasteiger partial charge in [-0.2, -0.15) is 5.10 Å². The van der Waals surface area contributed by atoms with Crippen molar-refractivity contribution in [2.24, 2.45) is 10.9 Å². The third-order valence-corrected chi connectivity index (χ3v) is 4.04. The number of hydrazone groups is 1. The molecule has 0 heterocycles. The molecule has 0 aromatic rings. The van der Waals surface area contributed by atoms with Crippen LogP contribution in [0.15, 0.2) is 5.10 Å². The Labute approximate surface area is 127 Å². The van der Waals surface area contributed by atoms with Gasteiger partial charge in [-0.05, 0) is 12.8 Å². The minimum atomic E-state index is 1.05. The van der Waals surface area contributed by atoms with Gasteiger partial charge in [0, 0.05) is 6.21 Å². The maximum Gasteiger partial charge on any atom is 0.0240 e. The van der Waals surface area contributed by atoms with E-state index in [0.29, 0.717) is 0 Å². The van der Waals surface area contributed by atoms with E-state index in [1.54, 1.807) is 0 Å². The van der Waals surface area contributed by atoms with Crippen LogP contribution in [0.4, 0.5) is 0 Å². The maximum atomic E-state index is 5.06. The molecule has 0 spiro atoms. The molecule has 0 bridgehead atoms. The van der Waals surface area contributed by atoms with Crippen LogP contribution < -0.4 is 5.84 Å². The van der Waals surface area contributed by atoms with Crippen molar-refractivity contribution in [3.63, 3.8) is 0 Å². The number of hydrogen-bond acceptors (Lipinski definition) is 2. The van der Waals surface area contributed by atoms with Gasteiger partial charge in [0.2, 0.25) is 0 Å². The second-order valence-electron chi connectivity index (χ2n) is 6.07. The zero-order chi connectivity index (χ0) is 14.7. The van der Waals surface area contributed by atoms with E-state index in [-0.39, 0.29) is 0 Å². The molecular formula is C18H38N2. The fraction of sp³-hybridized carbons (Fsp3) is 0.944. The van der Waals surface area contributed by atoms with Gasteiger partial charge >= 0.3 is 0 Å². The van der Waals surface area contributed by atoms with Crippen LogP contribution in [0.5, 0.6) is 0 Å². The molecule has 0 aromatic heterocycles. The van der Waals surface area contributed by atoms with Crippen molar-refractivity contribution >= 4 is 6.21 Å². The van der Waals surface area contributed by atoms with E-state index in [1.807, 2.05) is 6.21 Å². The molecule has 0 fully saturated rings. The van der Waals surface area contributed by atoms with Gasteiger partial charge in [-0.25, -0.2) is 0 Å². The average Bonchev–Trinajstić information content (AvgIpc) is 2.47. The van der Waals surface area contributed by atoms with Gasteiger partial charge in [0.25, 0.3) is 0 Å².